The molecule has 4 nitrogen and oxygen atoms in total. The fourth-order valence-electron chi connectivity index (χ4n) is 0.784. The molecule has 1 fully saturated rings. The van der Waals surface area contributed by atoms with Gasteiger partial charge in [0.25, 0.3) is 0 Å². The van der Waals surface area contributed by atoms with E-state index >= 15 is 0 Å². The summed E-state index contributed by atoms with van der Waals surface area (Å²) in [5, 5.41) is 11.2. The van der Waals surface area contributed by atoms with Crippen LogP contribution in [-0.2, 0) is 9.59 Å². The summed E-state index contributed by atoms with van der Waals surface area (Å²) in [6.07, 6.45) is 2.41. The molecule has 0 aliphatic heterocycles. The van der Waals surface area contributed by atoms with E-state index in [1.54, 1.807) is 0 Å². The maximum atomic E-state index is 10.5. The average molecular weight is 157 g/mol. The molecule has 1 aliphatic carbocycles. The van der Waals surface area contributed by atoms with Gasteiger partial charge in [0.2, 0.25) is 5.78 Å². The highest BCUT2D eigenvalue weighted by Gasteiger charge is 2.20. The van der Waals surface area contributed by atoms with Crippen molar-refractivity contribution in [1.29, 1.82) is 0 Å². The van der Waals surface area contributed by atoms with Crippen molar-refractivity contribution in [3.63, 3.8) is 0 Å². The van der Waals surface area contributed by atoms with Gasteiger partial charge in [-0.1, -0.05) is 0 Å². The zero-order valence-electron chi connectivity index (χ0n) is 6.17. The van der Waals surface area contributed by atoms with Crippen LogP contribution in [0.3, 0.4) is 0 Å². The molecule has 0 heterocycles. The fourth-order valence-corrected chi connectivity index (χ4v) is 0.784. The Bertz CT molecular complexity index is 175. The minimum atomic E-state index is -1.33. The van der Waals surface area contributed by atoms with Crippen molar-refractivity contribution in [2.75, 3.05) is 6.54 Å². The summed E-state index contributed by atoms with van der Waals surface area (Å²) < 4.78 is 0. The molecular weight excluding hydrogens is 146 g/mol. The number of carboxylic acid groups (broad SMARTS) is 1. The van der Waals surface area contributed by atoms with Gasteiger partial charge in [-0.15, -0.1) is 0 Å². The van der Waals surface area contributed by atoms with E-state index in [-0.39, 0.29) is 6.42 Å². The summed E-state index contributed by atoms with van der Waals surface area (Å²) in [7, 11) is 0. The highest BCUT2D eigenvalue weighted by atomic mass is 16.4. The Kier molecular flexibility index (Phi) is 2.59. The second-order valence-corrected chi connectivity index (χ2v) is 2.71. The van der Waals surface area contributed by atoms with Crippen molar-refractivity contribution in [1.82, 2.24) is 5.32 Å². The summed E-state index contributed by atoms with van der Waals surface area (Å²) in [6, 6.07) is 0.539. The minimum absolute atomic E-state index is 0.103. The molecule has 2 N–H and O–H groups in total. The van der Waals surface area contributed by atoms with Crippen molar-refractivity contribution >= 4 is 11.8 Å². The first-order valence-electron chi connectivity index (χ1n) is 3.69. The van der Waals surface area contributed by atoms with Crippen LogP contribution in [0.25, 0.3) is 0 Å². The second-order valence-electron chi connectivity index (χ2n) is 2.71. The predicted molar refractivity (Wildman–Crippen MR) is 38.3 cm³/mol. The molecule has 0 bridgehead atoms. The fraction of sp³-hybridized carbons (Fsp3) is 0.714. The maximum Gasteiger partial charge on any atom is 0.372 e. The third kappa shape index (κ3) is 3.13. The summed E-state index contributed by atoms with van der Waals surface area (Å²) >= 11 is 0. The van der Waals surface area contributed by atoms with Crippen molar-refractivity contribution in [2.45, 2.75) is 25.3 Å². The first-order chi connectivity index (χ1) is 5.20. The number of carbonyl (C=O) groups excluding carboxylic acids is 1. The summed E-state index contributed by atoms with van der Waals surface area (Å²) in [5.41, 5.74) is 0. The Hall–Kier alpha value is -0.900. The van der Waals surface area contributed by atoms with Crippen LogP contribution < -0.4 is 5.32 Å². The van der Waals surface area contributed by atoms with E-state index in [4.69, 9.17) is 5.11 Å². The number of nitrogens with one attached hydrogen (secondary N) is 1. The SMILES string of the molecule is O=C(O)C(=O)CCNC1CC1. The third-order valence-electron chi connectivity index (χ3n) is 1.60. The van der Waals surface area contributed by atoms with Gasteiger partial charge in [0.1, 0.15) is 0 Å². The van der Waals surface area contributed by atoms with Crippen LogP contribution in [0, 0.1) is 0 Å². The van der Waals surface area contributed by atoms with Gasteiger partial charge in [-0.05, 0) is 12.8 Å². The summed E-state index contributed by atoms with van der Waals surface area (Å²) in [5.74, 6) is -2.04. The lowest BCUT2D eigenvalue weighted by molar-refractivity contribution is -0.149. The Balaban J connectivity index is 2.01. The average Bonchev–Trinajstić information content (AvgIpc) is 2.71. The molecule has 0 amide bonds. The lowest BCUT2D eigenvalue weighted by Crippen LogP contribution is -2.23. The van der Waals surface area contributed by atoms with Gasteiger partial charge in [-0.25, -0.2) is 4.79 Å². The van der Waals surface area contributed by atoms with E-state index in [1.807, 2.05) is 0 Å². The molecule has 0 saturated heterocycles. The van der Waals surface area contributed by atoms with E-state index in [1.165, 1.54) is 0 Å². The first kappa shape index (κ1) is 8.20. The maximum absolute atomic E-state index is 10.5. The molecular formula is C7H11NO3. The number of hydrogen-bond acceptors (Lipinski definition) is 3. The number of aliphatic carboxylic acids is 1. The van der Waals surface area contributed by atoms with Crippen LogP contribution in [-0.4, -0.2) is 29.4 Å². The van der Waals surface area contributed by atoms with Gasteiger partial charge in [-0.2, -0.15) is 0 Å². The Morgan fingerprint density at radius 3 is 2.55 bits per heavy atom. The molecule has 0 aromatic rings. The van der Waals surface area contributed by atoms with Gasteiger partial charge in [0.05, 0.1) is 0 Å². The smallest absolute Gasteiger partial charge is 0.372 e. The molecule has 1 rings (SSSR count). The van der Waals surface area contributed by atoms with Gasteiger partial charge in [0.15, 0.2) is 0 Å². The van der Waals surface area contributed by atoms with Gasteiger partial charge in [-0.3, -0.25) is 4.79 Å². The quantitative estimate of drug-likeness (QED) is 0.541. The number of ketones is 1. The van der Waals surface area contributed by atoms with E-state index in [2.05, 4.69) is 5.32 Å². The Labute approximate surface area is 64.6 Å². The highest BCUT2D eigenvalue weighted by molar-refractivity contribution is 6.32. The second kappa shape index (κ2) is 3.48. The van der Waals surface area contributed by atoms with Crippen molar-refractivity contribution in [2.24, 2.45) is 0 Å². The number of rotatable bonds is 5. The zero-order valence-corrected chi connectivity index (χ0v) is 6.17. The predicted octanol–water partition coefficient (Wildman–Crippen LogP) is -0.218. The standard InChI is InChI=1S/C7H11NO3/c9-6(7(10)11)3-4-8-5-1-2-5/h5,8H,1-4H2,(H,10,11). The molecule has 11 heavy (non-hydrogen) atoms. The van der Waals surface area contributed by atoms with Gasteiger partial charge in [0, 0.05) is 19.0 Å². The summed E-state index contributed by atoms with van der Waals surface area (Å²) in [6.45, 7) is 0.496. The molecule has 0 aromatic carbocycles. The van der Waals surface area contributed by atoms with Crippen LogP contribution in [0.2, 0.25) is 0 Å². The largest absolute Gasteiger partial charge is 0.476 e. The molecule has 4 heteroatoms. The number of hydrogen-bond donors (Lipinski definition) is 2. The van der Waals surface area contributed by atoms with Gasteiger partial charge >= 0.3 is 5.97 Å². The lowest BCUT2D eigenvalue weighted by atomic mass is 10.3. The van der Waals surface area contributed by atoms with Crippen LogP contribution in [0.1, 0.15) is 19.3 Å². The van der Waals surface area contributed by atoms with E-state index in [9.17, 15) is 9.59 Å². The molecule has 1 saturated carbocycles. The summed E-state index contributed by atoms with van der Waals surface area (Å²) in [4.78, 5) is 20.5. The monoisotopic (exact) mass is 157 g/mol. The first-order valence-corrected chi connectivity index (χ1v) is 3.69. The van der Waals surface area contributed by atoms with Crippen LogP contribution in [0.15, 0.2) is 0 Å². The van der Waals surface area contributed by atoms with Gasteiger partial charge < -0.3 is 10.4 Å². The third-order valence-corrected chi connectivity index (χ3v) is 1.60. The Morgan fingerprint density at radius 1 is 1.45 bits per heavy atom. The normalized spacial score (nSPS) is 16.4. The van der Waals surface area contributed by atoms with Crippen LogP contribution >= 0.6 is 0 Å². The lowest BCUT2D eigenvalue weighted by Gasteiger charge is -1.97. The Morgan fingerprint density at radius 2 is 2.09 bits per heavy atom. The molecule has 0 radical (unpaired) electrons. The van der Waals surface area contributed by atoms with Crippen LogP contribution in [0.5, 0.6) is 0 Å². The highest BCUT2D eigenvalue weighted by Crippen LogP contribution is 2.18. The number of carbonyl (C=O) groups is 2. The van der Waals surface area contributed by atoms with E-state index < -0.39 is 11.8 Å². The van der Waals surface area contributed by atoms with Crippen molar-refractivity contribution < 1.29 is 14.7 Å². The topological polar surface area (TPSA) is 66.4 Å². The van der Waals surface area contributed by atoms with Crippen LogP contribution in [0.4, 0.5) is 0 Å². The molecule has 1 aliphatic rings. The molecule has 0 aromatic heterocycles. The van der Waals surface area contributed by atoms with Crippen molar-refractivity contribution in [3.8, 4) is 0 Å². The van der Waals surface area contributed by atoms with E-state index in [0.29, 0.717) is 12.6 Å². The van der Waals surface area contributed by atoms with Crippen molar-refractivity contribution in [3.05, 3.63) is 0 Å². The molecule has 62 valence electrons. The molecule has 0 unspecified atom stereocenters. The molecule has 0 spiro atoms. The molecule has 0 atom stereocenters. The minimum Gasteiger partial charge on any atom is -0.476 e. The number of Topliss-reactive ketones (excluding diaryl/α,β-unsaturated/α-hetero) is 1. The zero-order chi connectivity index (χ0) is 8.27. The number of carboxylic acids is 1. The van der Waals surface area contributed by atoms with E-state index in [0.717, 1.165) is 12.8 Å².